The highest BCUT2D eigenvalue weighted by Gasteiger charge is 2.17. The number of rotatable bonds is 8. The molecule has 0 atom stereocenters. The lowest BCUT2D eigenvalue weighted by atomic mass is 10.2. The molecule has 0 aliphatic heterocycles. The smallest absolute Gasteiger partial charge is 0.274 e. The predicted octanol–water partition coefficient (Wildman–Crippen LogP) is 1.68. The summed E-state index contributed by atoms with van der Waals surface area (Å²) in [6.07, 6.45) is 0. The largest absolute Gasteiger partial charge is 0.491 e. The SMILES string of the molecule is CN(C)S(=O)(=O)c1ccc(C(=O)NOCCOc2ccccc2)cc1. The van der Waals surface area contributed by atoms with Crippen molar-refractivity contribution in [3.05, 3.63) is 60.2 Å². The lowest BCUT2D eigenvalue weighted by Crippen LogP contribution is -2.26. The van der Waals surface area contributed by atoms with Crippen molar-refractivity contribution in [1.82, 2.24) is 9.79 Å². The molecule has 8 heteroatoms. The van der Waals surface area contributed by atoms with Crippen LogP contribution in [-0.4, -0.2) is 45.9 Å². The molecule has 0 radical (unpaired) electrons. The van der Waals surface area contributed by atoms with Crippen LogP contribution >= 0.6 is 0 Å². The summed E-state index contributed by atoms with van der Waals surface area (Å²) in [6.45, 7) is 0.456. The highest BCUT2D eigenvalue weighted by molar-refractivity contribution is 7.89. The van der Waals surface area contributed by atoms with E-state index in [1.165, 1.54) is 38.4 Å². The van der Waals surface area contributed by atoms with Crippen molar-refractivity contribution in [1.29, 1.82) is 0 Å². The fourth-order valence-corrected chi connectivity index (χ4v) is 2.78. The molecular weight excluding hydrogens is 344 g/mol. The minimum absolute atomic E-state index is 0.117. The van der Waals surface area contributed by atoms with Gasteiger partial charge in [0, 0.05) is 19.7 Å². The zero-order valence-electron chi connectivity index (χ0n) is 14.0. The summed E-state index contributed by atoms with van der Waals surface area (Å²) in [5.41, 5.74) is 2.58. The molecule has 0 heterocycles. The van der Waals surface area contributed by atoms with E-state index in [0.717, 1.165) is 10.1 Å². The van der Waals surface area contributed by atoms with Gasteiger partial charge in [0.25, 0.3) is 5.91 Å². The number of hydrogen-bond donors (Lipinski definition) is 1. The van der Waals surface area contributed by atoms with Gasteiger partial charge in [0.05, 0.1) is 4.90 Å². The second-order valence-electron chi connectivity index (χ2n) is 5.25. The zero-order valence-corrected chi connectivity index (χ0v) is 14.8. The van der Waals surface area contributed by atoms with Gasteiger partial charge in [-0.25, -0.2) is 18.2 Å². The molecule has 2 aromatic rings. The van der Waals surface area contributed by atoms with Gasteiger partial charge in [0.2, 0.25) is 10.0 Å². The Bertz CT molecular complexity index is 790. The molecule has 0 fully saturated rings. The van der Waals surface area contributed by atoms with Crippen LogP contribution in [0.5, 0.6) is 5.75 Å². The number of hydroxylamine groups is 1. The molecule has 0 bridgehead atoms. The van der Waals surface area contributed by atoms with Crippen molar-refractivity contribution in [3.8, 4) is 5.75 Å². The van der Waals surface area contributed by atoms with Crippen molar-refractivity contribution in [2.45, 2.75) is 4.90 Å². The number of carbonyl (C=O) groups is 1. The molecule has 0 aliphatic rings. The van der Waals surface area contributed by atoms with Crippen LogP contribution in [0, 0.1) is 0 Å². The number of benzene rings is 2. The first-order valence-corrected chi connectivity index (χ1v) is 8.98. The quantitative estimate of drug-likeness (QED) is 0.569. The Hall–Kier alpha value is -2.42. The van der Waals surface area contributed by atoms with Crippen molar-refractivity contribution < 1.29 is 22.8 Å². The highest BCUT2D eigenvalue weighted by Crippen LogP contribution is 2.14. The Kier molecular flexibility index (Phi) is 6.51. The lowest BCUT2D eigenvalue weighted by molar-refractivity contribution is 0.0200. The predicted molar refractivity (Wildman–Crippen MR) is 92.7 cm³/mol. The topological polar surface area (TPSA) is 84.9 Å². The molecule has 0 unspecified atom stereocenters. The van der Waals surface area contributed by atoms with Crippen molar-refractivity contribution in [2.75, 3.05) is 27.3 Å². The maximum Gasteiger partial charge on any atom is 0.274 e. The van der Waals surface area contributed by atoms with Crippen molar-refractivity contribution in [2.24, 2.45) is 0 Å². The van der Waals surface area contributed by atoms with E-state index in [0.29, 0.717) is 5.56 Å². The normalized spacial score (nSPS) is 11.3. The van der Waals surface area contributed by atoms with Gasteiger partial charge in [0.1, 0.15) is 19.0 Å². The number of amides is 1. The second kappa shape index (κ2) is 8.61. The monoisotopic (exact) mass is 364 g/mol. The summed E-state index contributed by atoms with van der Waals surface area (Å²) in [7, 11) is -0.625. The van der Waals surface area contributed by atoms with Crippen LogP contribution in [0.25, 0.3) is 0 Å². The number of sulfonamides is 1. The van der Waals surface area contributed by atoms with E-state index in [9.17, 15) is 13.2 Å². The molecule has 2 rings (SSSR count). The highest BCUT2D eigenvalue weighted by atomic mass is 32.2. The van der Waals surface area contributed by atoms with E-state index >= 15 is 0 Å². The maximum absolute atomic E-state index is 12.0. The van der Waals surface area contributed by atoms with E-state index in [1.54, 1.807) is 0 Å². The average Bonchev–Trinajstić information content (AvgIpc) is 2.62. The lowest BCUT2D eigenvalue weighted by Gasteiger charge is -2.11. The molecular formula is C17H20N2O5S. The molecule has 1 N–H and O–H groups in total. The van der Waals surface area contributed by atoms with Crippen LogP contribution in [-0.2, 0) is 14.9 Å². The third-order valence-electron chi connectivity index (χ3n) is 3.26. The molecule has 0 saturated heterocycles. The molecule has 25 heavy (non-hydrogen) atoms. The average molecular weight is 364 g/mol. The molecule has 134 valence electrons. The molecule has 7 nitrogen and oxygen atoms in total. The number of nitrogens with one attached hydrogen (secondary N) is 1. The number of nitrogens with zero attached hydrogens (tertiary/aromatic N) is 1. The summed E-state index contributed by atoms with van der Waals surface area (Å²) in [5.74, 6) is 0.253. The first-order chi connectivity index (χ1) is 11.9. The van der Waals surface area contributed by atoms with Crippen LogP contribution < -0.4 is 10.2 Å². The van der Waals surface area contributed by atoms with Crippen molar-refractivity contribution >= 4 is 15.9 Å². The Morgan fingerprint density at radius 1 is 1.00 bits per heavy atom. The maximum atomic E-state index is 12.0. The van der Waals surface area contributed by atoms with Gasteiger partial charge < -0.3 is 4.74 Å². The van der Waals surface area contributed by atoms with Gasteiger partial charge in [-0.3, -0.25) is 9.63 Å². The number of ether oxygens (including phenoxy) is 1. The van der Waals surface area contributed by atoms with Crippen molar-refractivity contribution in [3.63, 3.8) is 0 Å². The molecule has 1 amide bonds. The minimum Gasteiger partial charge on any atom is -0.491 e. The van der Waals surface area contributed by atoms with Gasteiger partial charge in [-0.1, -0.05) is 18.2 Å². The summed E-state index contributed by atoms with van der Waals surface area (Å²) < 4.78 is 30.5. The molecule has 0 aliphatic carbocycles. The van der Waals surface area contributed by atoms with Crippen LogP contribution in [0.15, 0.2) is 59.5 Å². The molecule has 0 spiro atoms. The van der Waals surface area contributed by atoms with Gasteiger partial charge >= 0.3 is 0 Å². The summed E-state index contributed by atoms with van der Waals surface area (Å²) >= 11 is 0. The fraction of sp³-hybridized carbons (Fsp3) is 0.235. The third kappa shape index (κ3) is 5.28. The molecule has 2 aromatic carbocycles. The molecule has 0 saturated carbocycles. The van der Waals surface area contributed by atoms with Crippen LogP contribution in [0.2, 0.25) is 0 Å². The Labute approximate surface area is 147 Å². The number of hydrogen-bond acceptors (Lipinski definition) is 5. The van der Waals surface area contributed by atoms with E-state index in [2.05, 4.69) is 5.48 Å². The molecule has 0 aromatic heterocycles. The Balaban J connectivity index is 1.79. The zero-order chi connectivity index (χ0) is 18.3. The summed E-state index contributed by atoms with van der Waals surface area (Å²) in [4.78, 5) is 17.1. The van der Waals surface area contributed by atoms with Gasteiger partial charge in [-0.05, 0) is 36.4 Å². The van der Waals surface area contributed by atoms with E-state index in [4.69, 9.17) is 9.57 Å². The Morgan fingerprint density at radius 3 is 2.24 bits per heavy atom. The van der Waals surface area contributed by atoms with Crippen LogP contribution in [0.1, 0.15) is 10.4 Å². The number of carbonyl (C=O) groups excluding carboxylic acids is 1. The van der Waals surface area contributed by atoms with Gasteiger partial charge in [0.15, 0.2) is 0 Å². The van der Waals surface area contributed by atoms with Crippen LogP contribution in [0.4, 0.5) is 0 Å². The van der Waals surface area contributed by atoms with Gasteiger partial charge in [-0.15, -0.1) is 0 Å². The third-order valence-corrected chi connectivity index (χ3v) is 5.09. The summed E-state index contributed by atoms with van der Waals surface area (Å²) in [5, 5.41) is 0. The first-order valence-electron chi connectivity index (χ1n) is 7.54. The Morgan fingerprint density at radius 2 is 1.64 bits per heavy atom. The second-order valence-corrected chi connectivity index (χ2v) is 7.40. The van der Waals surface area contributed by atoms with Gasteiger partial charge in [-0.2, -0.15) is 0 Å². The fourth-order valence-electron chi connectivity index (χ4n) is 1.88. The summed E-state index contributed by atoms with van der Waals surface area (Å²) in [6, 6.07) is 14.9. The van der Waals surface area contributed by atoms with E-state index in [1.807, 2.05) is 30.3 Å². The van der Waals surface area contributed by atoms with E-state index in [-0.39, 0.29) is 18.1 Å². The standard InChI is InChI=1S/C17H20N2O5S/c1-19(2)25(21,22)16-10-8-14(9-11-16)17(20)18-24-13-12-23-15-6-4-3-5-7-15/h3-11H,12-13H2,1-2H3,(H,18,20). The van der Waals surface area contributed by atoms with E-state index < -0.39 is 15.9 Å². The first kappa shape index (κ1) is 18.9. The van der Waals surface area contributed by atoms with Crippen LogP contribution in [0.3, 0.4) is 0 Å². The minimum atomic E-state index is -3.52. The number of para-hydroxylation sites is 1.